The van der Waals surface area contributed by atoms with E-state index in [1.165, 1.54) is 11.8 Å². The quantitative estimate of drug-likeness (QED) is 0.679. The van der Waals surface area contributed by atoms with Crippen molar-refractivity contribution in [3.63, 3.8) is 0 Å². The molecule has 2 rings (SSSR count). The second-order valence-corrected chi connectivity index (χ2v) is 7.90. The average Bonchev–Trinajstić information content (AvgIpc) is 2.95. The Morgan fingerprint density at radius 2 is 2.00 bits per heavy atom. The summed E-state index contributed by atoms with van der Waals surface area (Å²) in [5.41, 5.74) is 0.468. The fourth-order valence-electron chi connectivity index (χ4n) is 2.58. The Balaban J connectivity index is 1.88. The van der Waals surface area contributed by atoms with E-state index in [1.807, 2.05) is 6.92 Å². The third-order valence-corrected chi connectivity index (χ3v) is 5.31. The molecule has 6 nitrogen and oxygen atoms in total. The lowest BCUT2D eigenvalue weighted by molar-refractivity contribution is -0.126. The first-order valence-corrected chi connectivity index (χ1v) is 10.1. The van der Waals surface area contributed by atoms with Crippen molar-refractivity contribution in [3.8, 4) is 0 Å². The van der Waals surface area contributed by atoms with Gasteiger partial charge in [0.2, 0.25) is 16.9 Å². The minimum atomic E-state index is -0.419. The van der Waals surface area contributed by atoms with Crippen LogP contribution in [0.3, 0.4) is 0 Å². The van der Waals surface area contributed by atoms with Crippen LogP contribution in [0.25, 0.3) is 0 Å². The average molecular weight is 418 g/mol. The van der Waals surface area contributed by atoms with Crippen LogP contribution in [0.4, 0.5) is 5.69 Å². The summed E-state index contributed by atoms with van der Waals surface area (Å²) in [4.78, 5) is 37.8. The SMILES string of the molecule is CCCN(CC(=O)Nc1ccc(Cl)cc1Cl)CC(=O)N[C@H]1CCSC1=O. The normalized spacial score (nSPS) is 16.8. The molecule has 0 aliphatic carbocycles. The van der Waals surface area contributed by atoms with Crippen molar-refractivity contribution in [1.29, 1.82) is 0 Å². The molecule has 9 heteroatoms. The Hall–Kier alpha value is -1.28. The zero-order valence-electron chi connectivity index (χ0n) is 14.4. The predicted molar refractivity (Wildman–Crippen MR) is 106 cm³/mol. The van der Waals surface area contributed by atoms with E-state index >= 15 is 0 Å². The maximum atomic E-state index is 12.3. The van der Waals surface area contributed by atoms with Crippen molar-refractivity contribution >= 4 is 57.6 Å². The molecule has 1 atom stereocenters. The van der Waals surface area contributed by atoms with Gasteiger partial charge in [-0.2, -0.15) is 0 Å². The fourth-order valence-corrected chi connectivity index (χ4v) is 3.97. The van der Waals surface area contributed by atoms with Gasteiger partial charge in [-0.05, 0) is 37.6 Å². The van der Waals surface area contributed by atoms with E-state index in [9.17, 15) is 14.4 Å². The molecule has 0 bridgehead atoms. The maximum absolute atomic E-state index is 12.3. The van der Waals surface area contributed by atoms with Gasteiger partial charge in [-0.25, -0.2) is 0 Å². The van der Waals surface area contributed by atoms with Crippen molar-refractivity contribution in [2.24, 2.45) is 0 Å². The summed E-state index contributed by atoms with van der Waals surface area (Å²) in [5.74, 6) is 0.201. The zero-order valence-corrected chi connectivity index (χ0v) is 16.7. The molecule has 26 heavy (non-hydrogen) atoms. The first-order chi connectivity index (χ1) is 12.4. The van der Waals surface area contributed by atoms with Gasteiger partial charge in [-0.1, -0.05) is 41.9 Å². The zero-order chi connectivity index (χ0) is 19.1. The highest BCUT2D eigenvalue weighted by atomic mass is 35.5. The number of anilines is 1. The highest BCUT2D eigenvalue weighted by Crippen LogP contribution is 2.25. The summed E-state index contributed by atoms with van der Waals surface area (Å²) in [6, 6.07) is 4.39. The molecule has 1 fully saturated rings. The van der Waals surface area contributed by atoms with E-state index < -0.39 is 6.04 Å². The van der Waals surface area contributed by atoms with Gasteiger partial charge in [0.05, 0.1) is 29.8 Å². The molecule has 2 amide bonds. The van der Waals surface area contributed by atoms with E-state index in [0.717, 1.165) is 12.2 Å². The molecule has 1 heterocycles. The number of thioether (sulfide) groups is 1. The van der Waals surface area contributed by atoms with Crippen LogP contribution in [0, 0.1) is 0 Å². The summed E-state index contributed by atoms with van der Waals surface area (Å²) >= 11 is 13.1. The van der Waals surface area contributed by atoms with Crippen LogP contribution in [-0.4, -0.2) is 53.3 Å². The molecular formula is C17H21Cl2N3O3S. The van der Waals surface area contributed by atoms with Crippen molar-refractivity contribution < 1.29 is 14.4 Å². The second kappa shape index (κ2) is 10.2. The molecular weight excluding hydrogens is 397 g/mol. The maximum Gasteiger partial charge on any atom is 0.238 e. The predicted octanol–water partition coefficient (Wildman–Crippen LogP) is 2.79. The van der Waals surface area contributed by atoms with Gasteiger partial charge < -0.3 is 10.6 Å². The lowest BCUT2D eigenvalue weighted by Crippen LogP contribution is -2.45. The number of rotatable bonds is 8. The number of carbonyl (C=O) groups is 3. The number of carbonyl (C=O) groups excluding carboxylic acids is 3. The van der Waals surface area contributed by atoms with Crippen molar-refractivity contribution in [2.75, 3.05) is 30.7 Å². The van der Waals surface area contributed by atoms with E-state index in [1.54, 1.807) is 23.1 Å². The van der Waals surface area contributed by atoms with Crippen LogP contribution >= 0.6 is 35.0 Å². The molecule has 1 aromatic carbocycles. The van der Waals surface area contributed by atoms with Crippen LogP contribution < -0.4 is 10.6 Å². The Labute approximate surface area is 167 Å². The number of amides is 2. The molecule has 142 valence electrons. The standard InChI is InChI=1S/C17H21Cl2N3O3S/c1-2-6-22(10-16(24)21-14-5-7-26-17(14)25)9-15(23)20-13-4-3-11(18)8-12(13)19/h3-4,8,14H,2,5-7,9-10H2,1H3,(H,20,23)(H,21,24)/t14-/m0/s1. The summed E-state index contributed by atoms with van der Waals surface area (Å²) in [6.07, 6.45) is 1.44. The smallest absolute Gasteiger partial charge is 0.238 e. The molecule has 1 aliphatic heterocycles. The molecule has 1 saturated heterocycles. The molecule has 2 N–H and O–H groups in total. The summed E-state index contributed by atoms with van der Waals surface area (Å²) in [7, 11) is 0. The number of hydrogen-bond acceptors (Lipinski definition) is 5. The number of halogens is 2. The van der Waals surface area contributed by atoms with Gasteiger partial charge in [0.15, 0.2) is 0 Å². The van der Waals surface area contributed by atoms with Crippen LogP contribution in [0.2, 0.25) is 10.0 Å². The highest BCUT2D eigenvalue weighted by Gasteiger charge is 2.27. The van der Waals surface area contributed by atoms with Crippen molar-refractivity contribution in [2.45, 2.75) is 25.8 Å². The first-order valence-electron chi connectivity index (χ1n) is 8.32. The van der Waals surface area contributed by atoms with Gasteiger partial charge in [0.1, 0.15) is 0 Å². The summed E-state index contributed by atoms with van der Waals surface area (Å²) in [6.45, 7) is 2.66. The Morgan fingerprint density at radius 3 is 2.62 bits per heavy atom. The van der Waals surface area contributed by atoms with E-state index in [4.69, 9.17) is 23.2 Å². The van der Waals surface area contributed by atoms with Crippen LogP contribution in [0.1, 0.15) is 19.8 Å². The number of nitrogens with one attached hydrogen (secondary N) is 2. The fraction of sp³-hybridized carbons (Fsp3) is 0.471. The molecule has 0 spiro atoms. The largest absolute Gasteiger partial charge is 0.344 e. The van der Waals surface area contributed by atoms with E-state index in [-0.39, 0.29) is 30.0 Å². The lowest BCUT2D eigenvalue weighted by atomic mass is 10.2. The number of benzene rings is 1. The van der Waals surface area contributed by atoms with Crippen LogP contribution in [0.15, 0.2) is 18.2 Å². The van der Waals surface area contributed by atoms with Crippen molar-refractivity contribution in [1.82, 2.24) is 10.2 Å². The molecule has 1 aromatic rings. The second-order valence-electron chi connectivity index (χ2n) is 5.96. The van der Waals surface area contributed by atoms with Crippen LogP contribution in [0.5, 0.6) is 0 Å². The molecule has 0 saturated carbocycles. The third kappa shape index (κ3) is 6.46. The Morgan fingerprint density at radius 1 is 1.27 bits per heavy atom. The Kier molecular flexibility index (Phi) is 8.21. The van der Waals surface area contributed by atoms with Crippen molar-refractivity contribution in [3.05, 3.63) is 28.2 Å². The molecule has 0 aromatic heterocycles. The minimum Gasteiger partial charge on any atom is -0.344 e. The van der Waals surface area contributed by atoms with Crippen LogP contribution in [-0.2, 0) is 14.4 Å². The minimum absolute atomic E-state index is 0.00415. The monoisotopic (exact) mass is 417 g/mol. The Bertz CT molecular complexity index is 687. The molecule has 0 unspecified atom stereocenters. The molecule has 0 radical (unpaired) electrons. The topological polar surface area (TPSA) is 78.5 Å². The van der Waals surface area contributed by atoms with Gasteiger partial charge in [-0.3, -0.25) is 19.3 Å². The number of hydrogen-bond donors (Lipinski definition) is 2. The molecule has 1 aliphatic rings. The lowest BCUT2D eigenvalue weighted by Gasteiger charge is -2.21. The summed E-state index contributed by atoms with van der Waals surface area (Å²) < 4.78 is 0. The van der Waals surface area contributed by atoms with E-state index in [2.05, 4.69) is 10.6 Å². The van der Waals surface area contributed by atoms with Gasteiger partial charge in [-0.15, -0.1) is 0 Å². The summed E-state index contributed by atoms with van der Waals surface area (Å²) in [5, 5.41) is 6.29. The highest BCUT2D eigenvalue weighted by molar-refractivity contribution is 8.14. The third-order valence-electron chi connectivity index (χ3n) is 3.75. The van der Waals surface area contributed by atoms with Gasteiger partial charge in [0.25, 0.3) is 0 Å². The van der Waals surface area contributed by atoms with E-state index in [0.29, 0.717) is 28.7 Å². The first kappa shape index (κ1) is 21.0. The number of nitrogens with zero attached hydrogens (tertiary/aromatic N) is 1. The van der Waals surface area contributed by atoms with Gasteiger partial charge in [0, 0.05) is 10.8 Å². The van der Waals surface area contributed by atoms with Gasteiger partial charge >= 0.3 is 0 Å².